The summed E-state index contributed by atoms with van der Waals surface area (Å²) < 4.78 is 4.79. The molecule has 0 aliphatic carbocycles. The van der Waals surface area contributed by atoms with Gasteiger partial charge in [0.25, 0.3) is 0 Å². The Morgan fingerprint density at radius 1 is 1.05 bits per heavy atom. The van der Waals surface area contributed by atoms with Gasteiger partial charge in [0.1, 0.15) is 0 Å². The lowest BCUT2D eigenvalue weighted by atomic mass is 10.1. The van der Waals surface area contributed by atoms with Gasteiger partial charge in [0.2, 0.25) is 0 Å². The highest BCUT2D eigenvalue weighted by Crippen LogP contribution is 2.06. The van der Waals surface area contributed by atoms with Crippen molar-refractivity contribution in [3.8, 4) is 0 Å². The van der Waals surface area contributed by atoms with Crippen LogP contribution in [0.4, 0.5) is 0 Å². The highest BCUT2D eigenvalue weighted by Gasteiger charge is 2.02. The van der Waals surface area contributed by atoms with Crippen molar-refractivity contribution in [3.05, 3.63) is 71.8 Å². The Bertz CT molecular complexity index is 495. The van der Waals surface area contributed by atoms with Crippen LogP contribution in [0.3, 0.4) is 0 Å². The molecule has 0 saturated carbocycles. The summed E-state index contributed by atoms with van der Waals surface area (Å²) in [6.45, 7) is 4.20. The first-order valence-corrected chi connectivity index (χ1v) is 6.67. The van der Waals surface area contributed by atoms with Crippen molar-refractivity contribution in [1.29, 1.82) is 0 Å². The van der Waals surface area contributed by atoms with Gasteiger partial charge in [-0.2, -0.15) is 0 Å². The number of carbonyl (C=O) groups is 1. The molecule has 3 heteroatoms. The topological polar surface area (TPSA) is 52.3 Å². The summed E-state index contributed by atoms with van der Waals surface area (Å²) in [6, 6.07) is 19.2. The van der Waals surface area contributed by atoms with Crippen LogP contribution in [0.1, 0.15) is 35.8 Å². The largest absolute Gasteiger partial charge is 0.462 e. The number of benzene rings is 2. The standard InChI is InChI=1S/C9H10O2.C8H11N/c1-2-11-9(10)8-6-4-3-5-7-8;1-7(9)8-5-3-2-4-6-8/h3-7H,2H2,1H3;2-7H,9H2,1H3/t;7-/m.0/s1. The predicted octanol–water partition coefficient (Wildman–Crippen LogP) is 3.57. The van der Waals surface area contributed by atoms with E-state index < -0.39 is 0 Å². The SMILES string of the molecule is CCOC(=O)c1ccccc1.C[C@H](N)c1ccccc1. The van der Waals surface area contributed by atoms with Crippen LogP contribution in [0.2, 0.25) is 0 Å². The normalized spacial score (nSPS) is 10.9. The molecule has 0 aliphatic heterocycles. The van der Waals surface area contributed by atoms with E-state index in [9.17, 15) is 4.79 Å². The number of ether oxygens (including phenoxy) is 1. The number of esters is 1. The summed E-state index contributed by atoms with van der Waals surface area (Å²) >= 11 is 0. The summed E-state index contributed by atoms with van der Waals surface area (Å²) in [5, 5.41) is 0. The molecule has 106 valence electrons. The third-order valence-electron chi connectivity index (χ3n) is 2.61. The van der Waals surface area contributed by atoms with Crippen LogP contribution >= 0.6 is 0 Å². The summed E-state index contributed by atoms with van der Waals surface area (Å²) in [4.78, 5) is 11.0. The van der Waals surface area contributed by atoms with Gasteiger partial charge in [-0.3, -0.25) is 0 Å². The van der Waals surface area contributed by atoms with Gasteiger partial charge in [-0.15, -0.1) is 0 Å². The molecule has 0 spiro atoms. The van der Waals surface area contributed by atoms with Gasteiger partial charge in [0.05, 0.1) is 12.2 Å². The first-order valence-electron chi connectivity index (χ1n) is 6.67. The Morgan fingerprint density at radius 2 is 1.55 bits per heavy atom. The molecule has 2 rings (SSSR count). The van der Waals surface area contributed by atoms with Crippen LogP contribution in [-0.2, 0) is 4.74 Å². The maximum atomic E-state index is 11.0. The molecule has 0 saturated heterocycles. The predicted molar refractivity (Wildman–Crippen MR) is 81.4 cm³/mol. The van der Waals surface area contributed by atoms with Crippen molar-refractivity contribution in [2.75, 3.05) is 6.61 Å². The number of rotatable bonds is 3. The zero-order valence-electron chi connectivity index (χ0n) is 12.0. The minimum absolute atomic E-state index is 0.159. The van der Waals surface area contributed by atoms with Gasteiger partial charge in [-0.1, -0.05) is 48.5 Å². The second-order valence-corrected chi connectivity index (χ2v) is 4.29. The molecular weight excluding hydrogens is 250 g/mol. The second kappa shape index (κ2) is 8.88. The van der Waals surface area contributed by atoms with Crippen LogP contribution in [0.15, 0.2) is 60.7 Å². The van der Waals surface area contributed by atoms with Crippen molar-refractivity contribution in [2.24, 2.45) is 5.73 Å². The quantitative estimate of drug-likeness (QED) is 0.868. The summed E-state index contributed by atoms with van der Waals surface area (Å²) in [5.41, 5.74) is 7.41. The zero-order valence-corrected chi connectivity index (χ0v) is 12.0. The smallest absolute Gasteiger partial charge is 0.338 e. The fourth-order valence-corrected chi connectivity index (χ4v) is 1.55. The lowest BCUT2D eigenvalue weighted by Gasteiger charge is -2.02. The molecule has 3 nitrogen and oxygen atoms in total. The maximum absolute atomic E-state index is 11.0. The number of carbonyl (C=O) groups excluding carboxylic acids is 1. The van der Waals surface area contributed by atoms with Crippen LogP contribution in [-0.4, -0.2) is 12.6 Å². The fraction of sp³-hybridized carbons (Fsp3) is 0.235. The third kappa shape index (κ3) is 5.67. The van der Waals surface area contributed by atoms with E-state index in [-0.39, 0.29) is 12.0 Å². The van der Waals surface area contributed by atoms with E-state index in [0.717, 1.165) is 0 Å². The molecule has 0 aliphatic rings. The molecule has 0 radical (unpaired) electrons. The van der Waals surface area contributed by atoms with E-state index in [4.69, 9.17) is 10.5 Å². The molecule has 2 N–H and O–H groups in total. The highest BCUT2D eigenvalue weighted by atomic mass is 16.5. The number of nitrogens with two attached hydrogens (primary N) is 1. The van der Waals surface area contributed by atoms with Crippen molar-refractivity contribution in [1.82, 2.24) is 0 Å². The van der Waals surface area contributed by atoms with Crippen molar-refractivity contribution in [3.63, 3.8) is 0 Å². The minimum Gasteiger partial charge on any atom is -0.462 e. The van der Waals surface area contributed by atoms with Crippen molar-refractivity contribution in [2.45, 2.75) is 19.9 Å². The minimum atomic E-state index is -0.256. The van der Waals surface area contributed by atoms with Crippen molar-refractivity contribution >= 4 is 5.97 Å². The Hall–Kier alpha value is -2.13. The molecule has 2 aromatic rings. The Labute approximate surface area is 120 Å². The van der Waals surface area contributed by atoms with Crippen LogP contribution < -0.4 is 5.73 Å². The molecule has 0 aromatic heterocycles. The molecule has 0 bridgehead atoms. The average Bonchev–Trinajstić information content (AvgIpc) is 2.50. The Balaban J connectivity index is 0.000000204. The monoisotopic (exact) mass is 271 g/mol. The molecular formula is C17H21NO2. The van der Waals surface area contributed by atoms with Gasteiger partial charge in [-0.05, 0) is 31.5 Å². The molecule has 20 heavy (non-hydrogen) atoms. The Morgan fingerprint density at radius 3 is 1.95 bits per heavy atom. The van der Waals surface area contributed by atoms with Crippen LogP contribution in [0, 0.1) is 0 Å². The number of hydrogen-bond donors (Lipinski definition) is 1. The van der Waals surface area contributed by atoms with E-state index in [1.165, 1.54) is 5.56 Å². The van der Waals surface area contributed by atoms with Gasteiger partial charge in [-0.25, -0.2) is 4.79 Å². The van der Waals surface area contributed by atoms with E-state index >= 15 is 0 Å². The first kappa shape index (κ1) is 15.9. The van der Waals surface area contributed by atoms with Gasteiger partial charge in [0.15, 0.2) is 0 Å². The number of hydrogen-bond acceptors (Lipinski definition) is 3. The molecule has 2 aromatic carbocycles. The molecule has 0 heterocycles. The van der Waals surface area contributed by atoms with E-state index in [1.54, 1.807) is 19.1 Å². The second-order valence-electron chi connectivity index (χ2n) is 4.29. The molecule has 0 amide bonds. The Kier molecular flexibility index (Phi) is 7.07. The van der Waals surface area contributed by atoms with E-state index in [0.29, 0.717) is 12.2 Å². The fourth-order valence-electron chi connectivity index (χ4n) is 1.55. The van der Waals surface area contributed by atoms with Crippen LogP contribution in [0.5, 0.6) is 0 Å². The lowest BCUT2D eigenvalue weighted by Crippen LogP contribution is -2.03. The van der Waals surface area contributed by atoms with Crippen LogP contribution in [0.25, 0.3) is 0 Å². The van der Waals surface area contributed by atoms with Gasteiger partial charge < -0.3 is 10.5 Å². The van der Waals surface area contributed by atoms with E-state index in [2.05, 4.69) is 0 Å². The maximum Gasteiger partial charge on any atom is 0.338 e. The zero-order chi connectivity index (χ0) is 14.8. The van der Waals surface area contributed by atoms with Crippen molar-refractivity contribution < 1.29 is 9.53 Å². The molecule has 0 unspecified atom stereocenters. The first-order chi connectivity index (χ1) is 9.65. The van der Waals surface area contributed by atoms with Gasteiger partial charge >= 0.3 is 5.97 Å². The van der Waals surface area contributed by atoms with Gasteiger partial charge in [0, 0.05) is 6.04 Å². The lowest BCUT2D eigenvalue weighted by molar-refractivity contribution is 0.0526. The summed E-state index contributed by atoms with van der Waals surface area (Å²) in [5.74, 6) is -0.256. The summed E-state index contributed by atoms with van der Waals surface area (Å²) in [7, 11) is 0. The van der Waals surface area contributed by atoms with E-state index in [1.807, 2.05) is 55.5 Å². The highest BCUT2D eigenvalue weighted by molar-refractivity contribution is 5.89. The molecule has 1 atom stereocenters. The third-order valence-corrected chi connectivity index (χ3v) is 2.61. The average molecular weight is 271 g/mol. The summed E-state index contributed by atoms with van der Waals surface area (Å²) in [6.07, 6.45) is 0. The molecule has 0 fully saturated rings.